The third kappa shape index (κ3) is 2.47. The number of fused-ring (bicyclic) bond motifs is 3. The van der Waals surface area contributed by atoms with Crippen molar-refractivity contribution in [1.29, 1.82) is 0 Å². The number of carboxylic acid groups (broad SMARTS) is 1. The lowest BCUT2D eigenvalue weighted by Crippen LogP contribution is -2.45. The highest BCUT2D eigenvalue weighted by Gasteiger charge is 2.35. The summed E-state index contributed by atoms with van der Waals surface area (Å²) in [7, 11) is 0. The molecule has 3 aromatic rings. The van der Waals surface area contributed by atoms with E-state index >= 15 is 0 Å². The number of aromatic nitrogens is 1. The number of nitrogens with one attached hydrogen (secondary N) is 2. The Bertz CT molecular complexity index is 1040. The van der Waals surface area contributed by atoms with E-state index in [0.717, 1.165) is 16.5 Å². The molecule has 0 saturated carbocycles. The first-order chi connectivity index (χ1) is 12.5. The number of carbonyl (C=O) groups is 1. The number of carboxylic acids is 1. The van der Waals surface area contributed by atoms with Crippen LogP contribution >= 0.6 is 0 Å². The normalized spacial score (nSPS) is 19.2. The summed E-state index contributed by atoms with van der Waals surface area (Å²) in [4.78, 5) is 25.4. The summed E-state index contributed by atoms with van der Waals surface area (Å²) >= 11 is 0. The maximum absolute atomic E-state index is 11.6. The molecule has 4 N–H and O–H groups in total. The van der Waals surface area contributed by atoms with Crippen LogP contribution in [0.4, 0.5) is 5.69 Å². The number of non-ortho nitro benzene ring substituents is 1. The van der Waals surface area contributed by atoms with Crippen LogP contribution in [0.5, 0.6) is 5.75 Å². The SMILES string of the molecule is O=C(O)C1Cc2c([nH]c3ccccc23)C(c2cc([N+](=O)[O-])ccc2O)N1. The number of nitro groups is 1. The Morgan fingerprint density at radius 2 is 2.00 bits per heavy atom. The van der Waals surface area contributed by atoms with Crippen LogP contribution in [0.2, 0.25) is 0 Å². The van der Waals surface area contributed by atoms with Gasteiger partial charge in [-0.05, 0) is 17.7 Å². The highest BCUT2D eigenvalue weighted by Crippen LogP contribution is 2.39. The minimum Gasteiger partial charge on any atom is -0.508 e. The quantitative estimate of drug-likeness (QED) is 0.423. The molecule has 1 aliphatic rings. The summed E-state index contributed by atoms with van der Waals surface area (Å²) < 4.78 is 0. The molecule has 0 bridgehead atoms. The van der Waals surface area contributed by atoms with Gasteiger partial charge in [-0.1, -0.05) is 18.2 Å². The van der Waals surface area contributed by atoms with Gasteiger partial charge in [0, 0.05) is 40.7 Å². The van der Waals surface area contributed by atoms with Crippen molar-refractivity contribution in [3.8, 4) is 5.75 Å². The van der Waals surface area contributed by atoms with Crippen LogP contribution in [0, 0.1) is 10.1 Å². The molecule has 1 aromatic heterocycles. The maximum atomic E-state index is 11.6. The average Bonchev–Trinajstić information content (AvgIpc) is 3.00. The summed E-state index contributed by atoms with van der Waals surface area (Å²) in [6, 6.07) is 9.68. The average molecular weight is 353 g/mol. The molecule has 4 rings (SSSR count). The van der Waals surface area contributed by atoms with Crippen molar-refractivity contribution in [2.75, 3.05) is 0 Å². The molecular weight excluding hydrogens is 338 g/mol. The molecule has 2 aromatic carbocycles. The van der Waals surface area contributed by atoms with Gasteiger partial charge in [0.2, 0.25) is 0 Å². The number of aromatic amines is 1. The second kappa shape index (κ2) is 5.85. The van der Waals surface area contributed by atoms with Gasteiger partial charge in [-0.3, -0.25) is 20.2 Å². The Balaban J connectivity index is 1.93. The number of rotatable bonds is 3. The zero-order chi connectivity index (χ0) is 18.4. The van der Waals surface area contributed by atoms with Crippen molar-refractivity contribution in [3.05, 3.63) is 69.4 Å². The van der Waals surface area contributed by atoms with Crippen molar-refractivity contribution in [2.45, 2.75) is 18.5 Å². The van der Waals surface area contributed by atoms with Gasteiger partial charge in [-0.2, -0.15) is 0 Å². The van der Waals surface area contributed by atoms with Crippen LogP contribution in [0.3, 0.4) is 0 Å². The summed E-state index contributed by atoms with van der Waals surface area (Å²) in [5, 5.41) is 34.8. The largest absolute Gasteiger partial charge is 0.508 e. The van der Waals surface area contributed by atoms with E-state index in [-0.39, 0.29) is 23.4 Å². The molecule has 26 heavy (non-hydrogen) atoms. The third-order valence-electron chi connectivity index (χ3n) is 4.74. The van der Waals surface area contributed by atoms with E-state index in [9.17, 15) is 25.1 Å². The highest BCUT2D eigenvalue weighted by molar-refractivity contribution is 5.87. The maximum Gasteiger partial charge on any atom is 0.321 e. The number of hydrogen-bond donors (Lipinski definition) is 4. The van der Waals surface area contributed by atoms with E-state index in [0.29, 0.717) is 5.69 Å². The van der Waals surface area contributed by atoms with Crippen molar-refractivity contribution >= 4 is 22.6 Å². The fraction of sp³-hybridized carbons (Fsp3) is 0.167. The van der Waals surface area contributed by atoms with Gasteiger partial charge in [0.05, 0.1) is 11.0 Å². The molecule has 132 valence electrons. The molecule has 2 unspecified atom stereocenters. The zero-order valence-electron chi connectivity index (χ0n) is 13.5. The van der Waals surface area contributed by atoms with Gasteiger partial charge in [0.1, 0.15) is 11.8 Å². The number of phenolic OH excluding ortho intramolecular Hbond substituents is 1. The minimum atomic E-state index is -1.02. The molecule has 0 radical (unpaired) electrons. The van der Waals surface area contributed by atoms with Crippen molar-refractivity contribution in [1.82, 2.24) is 10.3 Å². The Labute approximate surface area is 147 Å². The number of aromatic hydroxyl groups is 1. The second-order valence-electron chi connectivity index (χ2n) is 6.26. The van der Waals surface area contributed by atoms with E-state index in [1.807, 2.05) is 24.3 Å². The van der Waals surface area contributed by atoms with Crippen LogP contribution in [0.15, 0.2) is 42.5 Å². The van der Waals surface area contributed by atoms with Crippen molar-refractivity contribution < 1.29 is 19.9 Å². The number of nitro benzene ring substituents is 1. The number of phenols is 1. The predicted octanol–water partition coefficient (Wildman–Crippen LogP) is 2.47. The Hall–Kier alpha value is -3.39. The van der Waals surface area contributed by atoms with Crippen LogP contribution in [-0.4, -0.2) is 32.1 Å². The standard InChI is InChI=1S/C18H15N3O5/c22-15-6-5-9(21(25)26)7-12(15)17-16-11(8-14(20-17)18(23)24)10-3-1-2-4-13(10)19-16/h1-7,14,17,19-20,22H,8H2,(H,23,24). The topological polar surface area (TPSA) is 128 Å². The van der Waals surface area contributed by atoms with Gasteiger partial charge < -0.3 is 15.2 Å². The molecule has 1 aliphatic heterocycles. The minimum absolute atomic E-state index is 0.135. The smallest absolute Gasteiger partial charge is 0.321 e. The number of aliphatic carboxylic acids is 1. The van der Waals surface area contributed by atoms with Gasteiger partial charge in [0.15, 0.2) is 0 Å². The lowest BCUT2D eigenvalue weighted by Gasteiger charge is -2.29. The molecule has 2 heterocycles. The Kier molecular flexibility index (Phi) is 3.62. The zero-order valence-corrected chi connectivity index (χ0v) is 13.5. The monoisotopic (exact) mass is 353 g/mol. The first-order valence-corrected chi connectivity index (χ1v) is 8.01. The number of nitrogens with zero attached hydrogens (tertiary/aromatic N) is 1. The molecule has 8 nitrogen and oxygen atoms in total. The fourth-order valence-electron chi connectivity index (χ4n) is 3.53. The first-order valence-electron chi connectivity index (χ1n) is 8.01. The summed E-state index contributed by atoms with van der Waals surface area (Å²) in [5.74, 6) is -1.15. The van der Waals surface area contributed by atoms with Gasteiger partial charge in [0.25, 0.3) is 5.69 Å². The highest BCUT2D eigenvalue weighted by atomic mass is 16.6. The lowest BCUT2D eigenvalue weighted by atomic mass is 9.90. The Morgan fingerprint density at radius 1 is 1.23 bits per heavy atom. The molecular formula is C18H15N3O5. The van der Waals surface area contributed by atoms with E-state index < -0.39 is 23.0 Å². The van der Waals surface area contributed by atoms with E-state index in [1.54, 1.807) is 0 Å². The molecule has 0 aliphatic carbocycles. The van der Waals surface area contributed by atoms with E-state index in [1.165, 1.54) is 18.2 Å². The molecule has 0 saturated heterocycles. The van der Waals surface area contributed by atoms with Crippen LogP contribution in [0.1, 0.15) is 22.9 Å². The number of H-pyrrole nitrogens is 1. The van der Waals surface area contributed by atoms with Crippen LogP contribution in [0.25, 0.3) is 10.9 Å². The number of para-hydroxylation sites is 1. The Morgan fingerprint density at radius 3 is 2.73 bits per heavy atom. The summed E-state index contributed by atoms with van der Waals surface area (Å²) in [6.07, 6.45) is 0.279. The number of benzene rings is 2. The molecule has 8 heteroatoms. The van der Waals surface area contributed by atoms with Gasteiger partial charge in [-0.25, -0.2) is 0 Å². The van der Waals surface area contributed by atoms with E-state index in [4.69, 9.17) is 0 Å². The molecule has 0 amide bonds. The van der Waals surface area contributed by atoms with Gasteiger partial charge >= 0.3 is 5.97 Å². The van der Waals surface area contributed by atoms with Gasteiger partial charge in [-0.15, -0.1) is 0 Å². The summed E-state index contributed by atoms with van der Waals surface area (Å²) in [5.41, 5.74) is 2.48. The van der Waals surface area contributed by atoms with E-state index in [2.05, 4.69) is 10.3 Å². The molecule has 2 atom stereocenters. The van der Waals surface area contributed by atoms with Crippen LogP contribution in [-0.2, 0) is 11.2 Å². The first kappa shape index (κ1) is 16.1. The second-order valence-corrected chi connectivity index (χ2v) is 6.26. The molecule has 0 fully saturated rings. The van der Waals surface area contributed by atoms with Crippen molar-refractivity contribution in [2.24, 2.45) is 0 Å². The molecule has 0 spiro atoms. The number of hydrogen-bond acceptors (Lipinski definition) is 5. The lowest BCUT2D eigenvalue weighted by molar-refractivity contribution is -0.385. The fourth-order valence-corrected chi connectivity index (χ4v) is 3.53. The van der Waals surface area contributed by atoms with Crippen molar-refractivity contribution in [3.63, 3.8) is 0 Å². The third-order valence-corrected chi connectivity index (χ3v) is 4.74. The predicted molar refractivity (Wildman–Crippen MR) is 93.2 cm³/mol. The summed E-state index contributed by atoms with van der Waals surface area (Å²) in [6.45, 7) is 0. The van der Waals surface area contributed by atoms with Crippen LogP contribution < -0.4 is 5.32 Å².